The van der Waals surface area contributed by atoms with Crippen molar-refractivity contribution in [1.82, 2.24) is 9.62 Å². The van der Waals surface area contributed by atoms with Gasteiger partial charge in [0.2, 0.25) is 15.9 Å². The van der Waals surface area contributed by atoms with E-state index in [2.05, 4.69) is 5.32 Å². The predicted octanol–water partition coefficient (Wildman–Crippen LogP) is 0.993. The van der Waals surface area contributed by atoms with Gasteiger partial charge in [-0.1, -0.05) is 0 Å². The normalized spacial score (nSPS) is 20.4. The van der Waals surface area contributed by atoms with Crippen molar-refractivity contribution >= 4 is 15.9 Å². The Morgan fingerprint density at radius 1 is 1.22 bits per heavy atom. The van der Waals surface area contributed by atoms with Gasteiger partial charge in [0.1, 0.15) is 16.4 Å². The van der Waals surface area contributed by atoms with Gasteiger partial charge in [-0.2, -0.15) is 4.31 Å². The lowest BCUT2D eigenvalue weighted by molar-refractivity contribution is -0.121. The fourth-order valence-corrected chi connectivity index (χ4v) is 4.74. The molecule has 2 rings (SSSR count). The minimum Gasteiger partial charge on any atom is -0.497 e. The first-order chi connectivity index (χ1) is 12.9. The zero-order valence-corrected chi connectivity index (χ0v) is 16.6. The summed E-state index contributed by atoms with van der Waals surface area (Å²) in [6.45, 7) is 0.859. The van der Waals surface area contributed by atoms with Crippen molar-refractivity contribution in [2.45, 2.75) is 30.6 Å². The highest BCUT2D eigenvalue weighted by atomic mass is 32.2. The van der Waals surface area contributed by atoms with Crippen LogP contribution in [0, 0.1) is 5.92 Å². The van der Waals surface area contributed by atoms with Gasteiger partial charge in [0, 0.05) is 38.7 Å². The van der Waals surface area contributed by atoms with Crippen LogP contribution in [0.1, 0.15) is 25.7 Å². The second-order valence-electron chi connectivity index (χ2n) is 6.50. The molecule has 1 aliphatic heterocycles. The first kappa shape index (κ1) is 21.5. The number of nitrogens with one attached hydrogen (secondary N) is 1. The summed E-state index contributed by atoms with van der Waals surface area (Å²) in [7, 11) is -1.01. The van der Waals surface area contributed by atoms with Crippen LogP contribution in [0.15, 0.2) is 23.1 Å². The number of hydrogen-bond donors (Lipinski definition) is 2. The van der Waals surface area contributed by atoms with Crippen LogP contribution in [0.4, 0.5) is 0 Å². The number of hydrogen-bond acceptors (Lipinski definition) is 6. The largest absolute Gasteiger partial charge is 0.497 e. The second-order valence-corrected chi connectivity index (χ2v) is 8.41. The van der Waals surface area contributed by atoms with Gasteiger partial charge in [0.25, 0.3) is 0 Å². The first-order valence-electron chi connectivity index (χ1n) is 9.02. The van der Waals surface area contributed by atoms with Crippen molar-refractivity contribution in [1.29, 1.82) is 0 Å². The fourth-order valence-electron chi connectivity index (χ4n) is 3.09. The van der Waals surface area contributed by atoms with Crippen LogP contribution in [0.2, 0.25) is 0 Å². The molecule has 1 aliphatic rings. The average Bonchev–Trinajstić information content (AvgIpc) is 2.71. The van der Waals surface area contributed by atoms with E-state index in [-0.39, 0.29) is 48.6 Å². The second kappa shape index (κ2) is 9.91. The van der Waals surface area contributed by atoms with E-state index < -0.39 is 10.0 Å². The summed E-state index contributed by atoms with van der Waals surface area (Å²) in [6, 6.07) is 4.60. The van der Waals surface area contributed by atoms with Crippen molar-refractivity contribution in [3.63, 3.8) is 0 Å². The third-order valence-corrected chi connectivity index (χ3v) is 6.65. The zero-order chi connectivity index (χ0) is 19.9. The van der Waals surface area contributed by atoms with Crippen molar-refractivity contribution in [3.8, 4) is 11.5 Å². The smallest absolute Gasteiger partial charge is 0.246 e. The van der Waals surface area contributed by atoms with E-state index >= 15 is 0 Å². The van der Waals surface area contributed by atoms with E-state index in [0.29, 0.717) is 31.6 Å². The first-order valence-corrected chi connectivity index (χ1v) is 10.5. The predicted molar refractivity (Wildman–Crippen MR) is 100 cm³/mol. The lowest BCUT2D eigenvalue weighted by Gasteiger charge is -2.23. The highest BCUT2D eigenvalue weighted by molar-refractivity contribution is 7.89. The van der Waals surface area contributed by atoms with Crippen LogP contribution in [0.3, 0.4) is 0 Å². The van der Waals surface area contributed by atoms with Gasteiger partial charge in [0.05, 0.1) is 14.2 Å². The van der Waals surface area contributed by atoms with Crippen LogP contribution >= 0.6 is 0 Å². The van der Waals surface area contributed by atoms with Gasteiger partial charge in [-0.3, -0.25) is 4.79 Å². The lowest BCUT2D eigenvalue weighted by Crippen LogP contribution is -2.36. The number of rotatable bonds is 5. The number of carbonyl (C=O) groups excluding carboxylic acids is 1. The van der Waals surface area contributed by atoms with Crippen LogP contribution < -0.4 is 14.8 Å². The summed E-state index contributed by atoms with van der Waals surface area (Å²) in [5, 5.41) is 12.2. The molecule has 1 fully saturated rings. The summed E-state index contributed by atoms with van der Waals surface area (Å²) < 4.78 is 38.2. The standard InChI is InChI=1S/C18H28N2O6S/c1-25-15-5-6-16(26-2)17(12-15)27(23,24)20-10-3-4-14(13-21)7-9-19-18(22)8-11-20/h5-6,12,14,21H,3-4,7-11,13H2,1-2H3,(H,19,22). The SMILES string of the molecule is COc1ccc(OC)c(S(=O)(=O)N2CCCC(CO)CCNC(=O)CC2)c1. The molecule has 0 saturated carbocycles. The maximum Gasteiger partial charge on any atom is 0.246 e. The third-order valence-electron chi connectivity index (χ3n) is 4.73. The molecule has 0 aromatic heterocycles. The molecule has 1 atom stereocenters. The average molecular weight is 400 g/mol. The number of methoxy groups -OCH3 is 2. The van der Waals surface area contributed by atoms with Crippen LogP contribution in [0.25, 0.3) is 0 Å². The van der Waals surface area contributed by atoms with E-state index in [1.807, 2.05) is 0 Å². The van der Waals surface area contributed by atoms with E-state index in [1.165, 1.54) is 24.6 Å². The molecule has 8 nitrogen and oxygen atoms in total. The summed E-state index contributed by atoms with van der Waals surface area (Å²) in [5.41, 5.74) is 0. The summed E-state index contributed by atoms with van der Waals surface area (Å²) in [6.07, 6.45) is 2.05. The van der Waals surface area contributed by atoms with E-state index in [9.17, 15) is 18.3 Å². The molecule has 27 heavy (non-hydrogen) atoms. The Bertz CT molecular complexity index is 737. The van der Waals surface area contributed by atoms with Crippen molar-refractivity contribution in [2.75, 3.05) is 40.5 Å². The van der Waals surface area contributed by atoms with Crippen molar-refractivity contribution in [2.24, 2.45) is 5.92 Å². The molecule has 0 bridgehead atoms. The highest BCUT2D eigenvalue weighted by Gasteiger charge is 2.29. The molecule has 0 radical (unpaired) electrons. The Hall–Kier alpha value is -1.84. The molecular weight excluding hydrogens is 372 g/mol. The minimum atomic E-state index is -3.88. The van der Waals surface area contributed by atoms with Crippen LogP contribution in [-0.2, 0) is 14.8 Å². The fraction of sp³-hybridized carbons (Fsp3) is 0.611. The van der Waals surface area contributed by atoms with Crippen LogP contribution in [-0.4, -0.2) is 64.2 Å². The molecule has 152 valence electrons. The van der Waals surface area contributed by atoms with Gasteiger partial charge >= 0.3 is 0 Å². The molecule has 1 unspecified atom stereocenters. The van der Waals surface area contributed by atoms with Crippen molar-refractivity contribution in [3.05, 3.63) is 18.2 Å². The maximum atomic E-state index is 13.3. The van der Waals surface area contributed by atoms with E-state index in [0.717, 1.165) is 0 Å². The number of aliphatic hydroxyl groups excluding tert-OH is 1. The number of nitrogens with zero attached hydrogens (tertiary/aromatic N) is 1. The number of benzene rings is 1. The monoisotopic (exact) mass is 400 g/mol. The molecule has 0 spiro atoms. The van der Waals surface area contributed by atoms with Gasteiger partial charge in [0.15, 0.2) is 0 Å². The van der Waals surface area contributed by atoms with E-state index in [1.54, 1.807) is 12.1 Å². The quantitative estimate of drug-likeness (QED) is 0.764. The molecule has 0 aliphatic carbocycles. The minimum absolute atomic E-state index is 0.0124. The Balaban J connectivity index is 2.31. The summed E-state index contributed by atoms with van der Waals surface area (Å²) in [5.74, 6) is 0.471. The van der Waals surface area contributed by atoms with Crippen molar-refractivity contribution < 1.29 is 27.8 Å². The highest BCUT2D eigenvalue weighted by Crippen LogP contribution is 2.31. The zero-order valence-electron chi connectivity index (χ0n) is 15.8. The molecule has 1 aromatic carbocycles. The Morgan fingerprint density at radius 2 is 2.00 bits per heavy atom. The maximum absolute atomic E-state index is 13.3. The van der Waals surface area contributed by atoms with E-state index in [4.69, 9.17) is 9.47 Å². The Labute approximate surface area is 160 Å². The van der Waals surface area contributed by atoms with Crippen LogP contribution in [0.5, 0.6) is 11.5 Å². The van der Waals surface area contributed by atoms with Gasteiger partial charge in [-0.05, 0) is 37.3 Å². The Morgan fingerprint density at radius 3 is 2.67 bits per heavy atom. The van der Waals surface area contributed by atoms with Gasteiger partial charge in [-0.25, -0.2) is 8.42 Å². The summed E-state index contributed by atoms with van der Waals surface area (Å²) in [4.78, 5) is 12.0. The van der Waals surface area contributed by atoms with Gasteiger partial charge in [-0.15, -0.1) is 0 Å². The number of aliphatic hydroxyl groups is 1. The molecule has 2 N–H and O–H groups in total. The topological polar surface area (TPSA) is 105 Å². The number of carbonyl (C=O) groups is 1. The molecular formula is C18H28N2O6S. The number of amides is 1. The summed E-state index contributed by atoms with van der Waals surface area (Å²) >= 11 is 0. The third kappa shape index (κ3) is 5.57. The molecule has 1 saturated heterocycles. The number of sulfonamides is 1. The Kier molecular flexibility index (Phi) is 7.88. The molecule has 1 heterocycles. The molecule has 1 aromatic rings. The lowest BCUT2D eigenvalue weighted by atomic mass is 10.0. The molecule has 1 amide bonds. The molecule has 9 heteroatoms. The van der Waals surface area contributed by atoms with Gasteiger partial charge < -0.3 is 19.9 Å². The number of ether oxygens (including phenoxy) is 2.